The van der Waals surface area contributed by atoms with Gasteiger partial charge in [-0.2, -0.15) is 0 Å². The summed E-state index contributed by atoms with van der Waals surface area (Å²) in [5, 5.41) is 6.00. The van der Waals surface area contributed by atoms with Crippen molar-refractivity contribution < 1.29 is 9.53 Å². The minimum Gasteiger partial charge on any atom is -0.489 e. The van der Waals surface area contributed by atoms with E-state index < -0.39 is 0 Å². The highest BCUT2D eigenvalue weighted by Gasteiger charge is 2.03. The number of amides is 1. The van der Waals surface area contributed by atoms with Gasteiger partial charge >= 0.3 is 0 Å². The predicted molar refractivity (Wildman–Crippen MR) is 93.8 cm³/mol. The van der Waals surface area contributed by atoms with Crippen LogP contribution in [0.3, 0.4) is 0 Å². The fourth-order valence-electron chi connectivity index (χ4n) is 2.10. The smallest absolute Gasteiger partial charge is 0.238 e. The molecule has 2 rings (SSSR count). The van der Waals surface area contributed by atoms with Crippen molar-refractivity contribution in [2.75, 3.05) is 25.0 Å². The minimum absolute atomic E-state index is 0.0704. The Morgan fingerprint density at radius 1 is 1.13 bits per heavy atom. The van der Waals surface area contributed by atoms with Crippen LogP contribution in [-0.4, -0.2) is 25.6 Å². The highest BCUT2D eigenvalue weighted by atomic mass is 16.5. The zero-order valence-corrected chi connectivity index (χ0v) is 13.1. The molecular weight excluding hydrogens is 288 g/mol. The molecule has 0 aliphatic heterocycles. The van der Waals surface area contributed by atoms with Crippen molar-refractivity contribution in [1.82, 2.24) is 5.32 Å². The maximum Gasteiger partial charge on any atom is 0.238 e. The Bertz CT molecular complexity index is 626. The number of rotatable bonds is 9. The minimum atomic E-state index is -0.0704. The van der Waals surface area contributed by atoms with Gasteiger partial charge in [-0.15, -0.1) is 0 Å². The number of benzene rings is 2. The van der Waals surface area contributed by atoms with Gasteiger partial charge in [0.1, 0.15) is 12.4 Å². The Morgan fingerprint density at radius 3 is 2.74 bits per heavy atom. The second kappa shape index (κ2) is 9.43. The third-order valence-electron chi connectivity index (χ3n) is 3.20. The molecule has 0 radical (unpaired) electrons. The fraction of sp³-hybridized carbons (Fsp3) is 0.211. The number of hydrogen-bond acceptors (Lipinski definition) is 3. The molecule has 0 aliphatic carbocycles. The first-order chi connectivity index (χ1) is 11.3. The van der Waals surface area contributed by atoms with Crippen LogP contribution in [-0.2, 0) is 11.2 Å². The Balaban J connectivity index is 1.71. The Hall–Kier alpha value is -2.59. The van der Waals surface area contributed by atoms with Gasteiger partial charge < -0.3 is 15.4 Å². The van der Waals surface area contributed by atoms with Crippen LogP contribution in [0.15, 0.2) is 67.3 Å². The first-order valence-electron chi connectivity index (χ1n) is 7.66. The van der Waals surface area contributed by atoms with E-state index in [1.165, 1.54) is 5.56 Å². The summed E-state index contributed by atoms with van der Waals surface area (Å²) in [6.07, 6.45) is 2.58. The molecule has 0 aliphatic rings. The standard InChI is InChI=1S/C19H22N2O2/c1-2-13-23-18-10-6-9-17(14-18)21-19(22)15-20-12-11-16-7-4-3-5-8-16/h2-10,14,20H,1,11-13,15H2,(H,21,22). The molecule has 0 unspecified atom stereocenters. The Labute approximate surface area is 137 Å². The highest BCUT2D eigenvalue weighted by Crippen LogP contribution is 2.17. The molecule has 0 saturated carbocycles. The summed E-state index contributed by atoms with van der Waals surface area (Å²) in [6.45, 7) is 5.10. The summed E-state index contributed by atoms with van der Waals surface area (Å²) in [5.74, 6) is 0.638. The monoisotopic (exact) mass is 310 g/mol. The zero-order chi connectivity index (χ0) is 16.3. The van der Waals surface area contributed by atoms with Gasteiger partial charge in [0.05, 0.1) is 6.54 Å². The summed E-state index contributed by atoms with van der Waals surface area (Å²) in [4.78, 5) is 11.9. The maximum atomic E-state index is 11.9. The first kappa shape index (κ1) is 16.8. The van der Waals surface area contributed by atoms with Gasteiger partial charge in [-0.1, -0.05) is 49.1 Å². The second-order valence-electron chi connectivity index (χ2n) is 5.09. The van der Waals surface area contributed by atoms with E-state index in [0.717, 1.165) is 18.7 Å². The number of anilines is 1. The second-order valence-corrected chi connectivity index (χ2v) is 5.09. The average molecular weight is 310 g/mol. The van der Waals surface area contributed by atoms with Gasteiger partial charge in [0, 0.05) is 11.8 Å². The average Bonchev–Trinajstić information content (AvgIpc) is 2.58. The molecule has 120 valence electrons. The van der Waals surface area contributed by atoms with Crippen LogP contribution in [0, 0.1) is 0 Å². The summed E-state index contributed by atoms with van der Waals surface area (Å²) >= 11 is 0. The molecule has 2 aromatic rings. The van der Waals surface area contributed by atoms with Crippen molar-refractivity contribution in [2.24, 2.45) is 0 Å². The first-order valence-corrected chi connectivity index (χ1v) is 7.66. The van der Waals surface area contributed by atoms with E-state index in [9.17, 15) is 4.79 Å². The Kier molecular flexibility index (Phi) is 6.88. The lowest BCUT2D eigenvalue weighted by Gasteiger charge is -2.09. The normalized spacial score (nSPS) is 10.1. The van der Waals surface area contributed by atoms with Crippen molar-refractivity contribution in [1.29, 1.82) is 0 Å². The highest BCUT2D eigenvalue weighted by molar-refractivity contribution is 5.92. The molecule has 23 heavy (non-hydrogen) atoms. The van der Waals surface area contributed by atoms with E-state index in [1.807, 2.05) is 36.4 Å². The van der Waals surface area contributed by atoms with E-state index in [0.29, 0.717) is 12.4 Å². The number of ether oxygens (including phenoxy) is 1. The molecule has 0 heterocycles. The largest absolute Gasteiger partial charge is 0.489 e. The third kappa shape index (κ3) is 6.36. The Morgan fingerprint density at radius 2 is 1.96 bits per heavy atom. The molecule has 2 N–H and O–H groups in total. The van der Waals surface area contributed by atoms with Crippen molar-refractivity contribution in [3.63, 3.8) is 0 Å². The molecule has 0 aromatic heterocycles. The van der Waals surface area contributed by atoms with Crippen molar-refractivity contribution in [3.8, 4) is 5.75 Å². The van der Waals surface area contributed by atoms with E-state index in [1.54, 1.807) is 12.1 Å². The zero-order valence-electron chi connectivity index (χ0n) is 13.1. The van der Waals surface area contributed by atoms with E-state index in [-0.39, 0.29) is 12.5 Å². The molecule has 0 saturated heterocycles. The van der Waals surface area contributed by atoms with Gasteiger partial charge in [0.2, 0.25) is 5.91 Å². The van der Waals surface area contributed by atoms with Crippen LogP contribution in [0.4, 0.5) is 5.69 Å². The molecule has 4 nitrogen and oxygen atoms in total. The molecule has 0 atom stereocenters. The SMILES string of the molecule is C=CCOc1cccc(NC(=O)CNCCc2ccccc2)c1. The predicted octanol–water partition coefficient (Wildman–Crippen LogP) is 3.02. The topological polar surface area (TPSA) is 50.4 Å². The van der Waals surface area contributed by atoms with Gasteiger partial charge in [-0.25, -0.2) is 0 Å². The van der Waals surface area contributed by atoms with Crippen molar-refractivity contribution >= 4 is 11.6 Å². The van der Waals surface area contributed by atoms with Crippen LogP contribution in [0.1, 0.15) is 5.56 Å². The van der Waals surface area contributed by atoms with Crippen LogP contribution in [0.5, 0.6) is 5.75 Å². The van der Waals surface area contributed by atoms with Crippen molar-refractivity contribution in [2.45, 2.75) is 6.42 Å². The van der Waals surface area contributed by atoms with E-state index in [4.69, 9.17) is 4.74 Å². The third-order valence-corrected chi connectivity index (χ3v) is 3.20. The molecule has 2 aromatic carbocycles. The van der Waals surface area contributed by atoms with Crippen molar-refractivity contribution in [3.05, 3.63) is 72.8 Å². The number of carbonyl (C=O) groups excluding carboxylic acids is 1. The summed E-state index contributed by atoms with van der Waals surface area (Å²) in [6, 6.07) is 17.5. The molecule has 1 amide bonds. The van der Waals surface area contributed by atoms with E-state index >= 15 is 0 Å². The van der Waals surface area contributed by atoms with Crippen LogP contribution < -0.4 is 15.4 Å². The van der Waals surface area contributed by atoms with E-state index in [2.05, 4.69) is 29.3 Å². The molecule has 4 heteroatoms. The number of carbonyl (C=O) groups is 1. The van der Waals surface area contributed by atoms with Gasteiger partial charge in [-0.05, 0) is 30.7 Å². The van der Waals surface area contributed by atoms with Crippen LogP contribution in [0.25, 0.3) is 0 Å². The lowest BCUT2D eigenvalue weighted by atomic mass is 10.1. The number of nitrogens with one attached hydrogen (secondary N) is 2. The van der Waals surface area contributed by atoms with Crippen LogP contribution in [0.2, 0.25) is 0 Å². The summed E-state index contributed by atoms with van der Waals surface area (Å²) < 4.78 is 5.44. The molecule has 0 spiro atoms. The summed E-state index contributed by atoms with van der Waals surface area (Å²) in [7, 11) is 0. The lowest BCUT2D eigenvalue weighted by Crippen LogP contribution is -2.29. The number of hydrogen-bond donors (Lipinski definition) is 2. The lowest BCUT2D eigenvalue weighted by molar-refractivity contribution is -0.115. The molecule has 0 fully saturated rings. The quantitative estimate of drug-likeness (QED) is 0.553. The van der Waals surface area contributed by atoms with Crippen LogP contribution >= 0.6 is 0 Å². The van der Waals surface area contributed by atoms with Gasteiger partial charge in [0.15, 0.2) is 0 Å². The molecular formula is C19H22N2O2. The fourth-order valence-corrected chi connectivity index (χ4v) is 2.10. The van der Waals surface area contributed by atoms with Gasteiger partial charge in [0.25, 0.3) is 0 Å². The maximum absolute atomic E-state index is 11.9. The van der Waals surface area contributed by atoms with Gasteiger partial charge in [-0.3, -0.25) is 4.79 Å². The summed E-state index contributed by atoms with van der Waals surface area (Å²) in [5.41, 5.74) is 1.98. The molecule has 0 bridgehead atoms.